The van der Waals surface area contributed by atoms with Gasteiger partial charge in [0.2, 0.25) is 5.15 Å². The number of halogens is 3. The highest BCUT2D eigenvalue weighted by Crippen LogP contribution is 2.34. The van der Waals surface area contributed by atoms with Crippen molar-refractivity contribution in [3.05, 3.63) is 25.8 Å². The summed E-state index contributed by atoms with van der Waals surface area (Å²) in [6, 6.07) is 0. The van der Waals surface area contributed by atoms with Crippen LogP contribution in [0, 0.1) is 0 Å². The first-order valence-electron chi connectivity index (χ1n) is 3.61. The Morgan fingerprint density at radius 2 is 2.14 bits per heavy atom. The Kier molecular flexibility index (Phi) is 3.77. The lowest BCUT2D eigenvalue weighted by Gasteiger charge is -1.99. The first-order valence-corrected chi connectivity index (χ1v) is 4.74. The van der Waals surface area contributed by atoms with E-state index in [2.05, 4.69) is 15.1 Å². The van der Waals surface area contributed by atoms with Crippen LogP contribution in [0.5, 0.6) is 0 Å². The molecule has 0 aliphatic heterocycles. The molecule has 14 heavy (non-hydrogen) atoms. The van der Waals surface area contributed by atoms with Gasteiger partial charge in [0.25, 0.3) is 0 Å². The van der Waals surface area contributed by atoms with E-state index in [1.54, 1.807) is 0 Å². The van der Waals surface area contributed by atoms with Gasteiger partial charge >= 0.3 is 5.15 Å². The highest BCUT2D eigenvalue weighted by molar-refractivity contribution is 6.44. The number of hydrogen-bond acceptors (Lipinski definition) is 2. The van der Waals surface area contributed by atoms with E-state index in [0.717, 1.165) is 0 Å². The van der Waals surface area contributed by atoms with Crippen LogP contribution >= 0.6 is 34.8 Å². The molecule has 0 radical (unpaired) electrons. The summed E-state index contributed by atoms with van der Waals surface area (Å²) in [5.74, 6) is 0. The molecule has 0 bridgehead atoms. The van der Waals surface area contributed by atoms with Crippen molar-refractivity contribution in [1.29, 1.82) is 0 Å². The lowest BCUT2D eigenvalue weighted by molar-refractivity contribution is -0.748. The Labute approximate surface area is 94.8 Å². The van der Waals surface area contributed by atoms with Crippen LogP contribution in [0.4, 0.5) is 5.69 Å². The molecule has 0 spiro atoms. The lowest BCUT2D eigenvalue weighted by Crippen LogP contribution is -2.38. The minimum absolute atomic E-state index is 0.0548. The zero-order valence-corrected chi connectivity index (χ0v) is 9.34. The van der Waals surface area contributed by atoms with Gasteiger partial charge in [0.05, 0.1) is 0 Å². The molecule has 0 aliphatic carbocycles. The third-order valence-electron chi connectivity index (χ3n) is 1.46. The van der Waals surface area contributed by atoms with Gasteiger partial charge in [-0.1, -0.05) is 33.0 Å². The zero-order valence-electron chi connectivity index (χ0n) is 7.08. The van der Waals surface area contributed by atoms with E-state index in [0.29, 0.717) is 6.54 Å². The maximum Gasteiger partial charge on any atom is 0.311 e. The predicted octanol–water partition coefficient (Wildman–Crippen LogP) is 3.29. The molecule has 0 amide bonds. The van der Waals surface area contributed by atoms with Gasteiger partial charge in [-0.15, -0.1) is 0 Å². The van der Waals surface area contributed by atoms with Gasteiger partial charge in [0.15, 0.2) is 6.54 Å². The van der Waals surface area contributed by atoms with E-state index >= 15 is 0 Å². The summed E-state index contributed by atoms with van der Waals surface area (Å²) in [4.78, 5) is 2.60. The van der Waals surface area contributed by atoms with E-state index in [1.165, 1.54) is 4.68 Å². The third-order valence-corrected chi connectivity index (χ3v) is 2.56. The van der Waals surface area contributed by atoms with Crippen LogP contribution in [0.15, 0.2) is 5.11 Å². The van der Waals surface area contributed by atoms with Gasteiger partial charge in [0, 0.05) is 10.0 Å². The largest absolute Gasteiger partial charge is 0.311 e. The minimum atomic E-state index is 0.0548. The van der Waals surface area contributed by atoms with Crippen LogP contribution in [0.3, 0.4) is 0 Å². The molecule has 0 aliphatic rings. The Hall–Kier alpha value is -0.740. The molecule has 0 saturated heterocycles. The third kappa shape index (κ3) is 2.01. The molecule has 0 N–H and O–H groups in total. The number of aryl methyl sites for hydroxylation is 1. The molecule has 5 nitrogen and oxygen atoms in total. The van der Waals surface area contributed by atoms with Gasteiger partial charge in [-0.05, 0) is 24.1 Å². The summed E-state index contributed by atoms with van der Waals surface area (Å²) >= 11 is 17.3. The quantitative estimate of drug-likeness (QED) is 0.345. The highest BCUT2D eigenvalue weighted by atomic mass is 35.5. The van der Waals surface area contributed by atoms with Gasteiger partial charge in [-0.25, -0.2) is 0 Å². The maximum absolute atomic E-state index is 8.29. The fourth-order valence-electron chi connectivity index (χ4n) is 0.844. The second kappa shape index (κ2) is 4.66. The summed E-state index contributed by atoms with van der Waals surface area (Å²) in [7, 11) is 0. The minimum Gasteiger partial charge on any atom is -0.0799 e. The lowest BCUT2D eigenvalue weighted by atomic mass is 10.5. The summed E-state index contributed by atoms with van der Waals surface area (Å²) < 4.78 is 1.39. The number of hydrogen-bond donors (Lipinski definition) is 0. The average molecular weight is 254 g/mol. The Morgan fingerprint density at radius 3 is 2.64 bits per heavy atom. The van der Waals surface area contributed by atoms with Crippen molar-refractivity contribution in [2.45, 2.75) is 13.5 Å². The fraction of sp³-hybridized carbons (Fsp3) is 0.333. The van der Waals surface area contributed by atoms with E-state index < -0.39 is 0 Å². The number of azide groups is 1. The van der Waals surface area contributed by atoms with Crippen molar-refractivity contribution in [3.8, 4) is 0 Å². The molecule has 8 heteroatoms. The van der Waals surface area contributed by atoms with E-state index in [9.17, 15) is 0 Å². The predicted molar refractivity (Wildman–Crippen MR) is 53.9 cm³/mol. The Bertz CT molecular complexity index is 412. The molecule has 1 aromatic heterocycles. The average Bonchev–Trinajstić information content (AvgIpc) is 2.18. The van der Waals surface area contributed by atoms with Gasteiger partial charge in [0.1, 0.15) is 10.7 Å². The summed E-state index contributed by atoms with van der Waals surface area (Å²) in [6.07, 6.45) is 0. The van der Waals surface area contributed by atoms with Crippen molar-refractivity contribution in [1.82, 2.24) is 5.10 Å². The summed E-state index contributed by atoms with van der Waals surface area (Å²) in [5.41, 5.74) is 8.39. The molecule has 0 fully saturated rings. The standard InChI is InChI=1S/C6H5Cl3N5/c1-2-14-6(9)4(11-13-10)3(7)5(8)12-14/h2H2,1H3/q+1. The molecule has 0 saturated carbocycles. The second-order valence-electron chi connectivity index (χ2n) is 2.25. The van der Waals surface area contributed by atoms with Crippen LogP contribution in [0.25, 0.3) is 10.4 Å². The van der Waals surface area contributed by atoms with Crippen LogP contribution < -0.4 is 4.68 Å². The second-order valence-corrected chi connectivity index (χ2v) is 3.34. The zero-order chi connectivity index (χ0) is 10.7. The summed E-state index contributed by atoms with van der Waals surface area (Å²) in [6.45, 7) is 2.33. The molecular weight excluding hydrogens is 248 g/mol. The topological polar surface area (TPSA) is 65.5 Å². The first kappa shape index (κ1) is 11.3. The maximum atomic E-state index is 8.29. The molecule has 0 aromatic carbocycles. The van der Waals surface area contributed by atoms with Crippen LogP contribution in [0.2, 0.25) is 15.3 Å². The fourth-order valence-corrected chi connectivity index (χ4v) is 1.53. The first-order chi connectivity index (χ1) is 6.61. The van der Waals surface area contributed by atoms with Crippen molar-refractivity contribution in [3.63, 3.8) is 0 Å². The molecule has 0 atom stereocenters. The molecule has 1 rings (SSSR count). The number of rotatable bonds is 2. The van der Waals surface area contributed by atoms with E-state index in [-0.39, 0.29) is 21.0 Å². The van der Waals surface area contributed by atoms with Crippen molar-refractivity contribution < 1.29 is 4.68 Å². The van der Waals surface area contributed by atoms with Crippen LogP contribution in [-0.4, -0.2) is 5.10 Å². The van der Waals surface area contributed by atoms with E-state index in [4.69, 9.17) is 40.3 Å². The molecule has 74 valence electrons. The summed E-state index contributed by atoms with van der Waals surface area (Å²) in [5, 5.41) is 7.49. The van der Waals surface area contributed by atoms with Gasteiger partial charge in [-0.3, -0.25) is 0 Å². The number of nitrogens with zero attached hydrogens (tertiary/aromatic N) is 5. The molecule has 1 aromatic rings. The monoisotopic (exact) mass is 252 g/mol. The van der Waals surface area contributed by atoms with Crippen molar-refractivity contribution in [2.24, 2.45) is 5.11 Å². The smallest absolute Gasteiger partial charge is 0.0799 e. The van der Waals surface area contributed by atoms with Crippen LogP contribution in [0.1, 0.15) is 6.92 Å². The SMILES string of the molecule is CC[n+]1nc(Cl)c(Cl)c(N=[N+]=[N-])c1Cl. The van der Waals surface area contributed by atoms with E-state index in [1.807, 2.05) is 6.92 Å². The Balaban J connectivity index is 3.52. The van der Waals surface area contributed by atoms with Gasteiger partial charge < -0.3 is 0 Å². The van der Waals surface area contributed by atoms with Crippen LogP contribution in [-0.2, 0) is 6.54 Å². The number of aromatic nitrogens is 2. The van der Waals surface area contributed by atoms with Crippen molar-refractivity contribution in [2.75, 3.05) is 0 Å². The highest BCUT2D eigenvalue weighted by Gasteiger charge is 2.21. The molecule has 0 unspecified atom stereocenters. The van der Waals surface area contributed by atoms with Crippen molar-refractivity contribution >= 4 is 40.5 Å². The Morgan fingerprint density at radius 1 is 1.50 bits per heavy atom. The van der Waals surface area contributed by atoms with Gasteiger partial charge in [-0.2, -0.15) is 0 Å². The molecular formula is C6H5Cl3N5+. The molecule has 1 heterocycles. The normalized spacial score (nSPS) is 9.71.